The van der Waals surface area contributed by atoms with Gasteiger partial charge in [-0.2, -0.15) is 39.5 Å². The quantitative estimate of drug-likeness (QED) is 0.398. The molecule has 2 aromatic rings. The molecule has 0 unspecified atom stereocenters. The second-order valence-corrected chi connectivity index (χ2v) is 9.55. The lowest BCUT2D eigenvalue weighted by Gasteiger charge is -2.47. The van der Waals surface area contributed by atoms with Crippen LogP contribution in [0.15, 0.2) is 48.8 Å². The molecule has 2 fully saturated rings. The summed E-state index contributed by atoms with van der Waals surface area (Å²) in [5, 5.41) is 21.4. The third-order valence-corrected chi connectivity index (χ3v) is 6.02. The van der Waals surface area contributed by atoms with Crippen molar-refractivity contribution < 1.29 is 78.7 Å². The van der Waals surface area contributed by atoms with Crippen LogP contribution < -0.4 is 0 Å². The summed E-state index contributed by atoms with van der Waals surface area (Å²) in [5.41, 5.74) is 1.80. The lowest BCUT2D eigenvalue weighted by Crippen LogP contribution is -2.58. The third kappa shape index (κ3) is 15.5. The van der Waals surface area contributed by atoms with Gasteiger partial charge in [-0.1, -0.05) is 12.1 Å². The minimum atomic E-state index is -5.08. The SMILES string of the molecule is O=C(O)C(F)(F)F.O=C(O)C(F)(F)F.O=C(O)C(F)(F)F.O=C1COC2(CCN(Cc3ccccn3)CC2)CN1Cc1ccccn1. The number of aliphatic carboxylic acids is 3. The monoisotopic (exact) mass is 694 g/mol. The number of carboxylic acid groups (broad SMARTS) is 3. The molecule has 0 aromatic carbocycles. The Morgan fingerprint density at radius 1 is 0.723 bits per heavy atom. The number of morpholine rings is 1. The van der Waals surface area contributed by atoms with Crippen LogP contribution in [0.25, 0.3) is 0 Å². The van der Waals surface area contributed by atoms with Gasteiger partial charge in [0.15, 0.2) is 0 Å². The van der Waals surface area contributed by atoms with Crippen molar-refractivity contribution in [3.05, 3.63) is 60.2 Å². The summed E-state index contributed by atoms with van der Waals surface area (Å²) in [6.07, 6.45) is -9.77. The van der Waals surface area contributed by atoms with Gasteiger partial charge in [-0.25, -0.2) is 14.4 Å². The Bertz CT molecular complexity index is 1250. The number of rotatable bonds is 4. The van der Waals surface area contributed by atoms with Crippen molar-refractivity contribution in [1.82, 2.24) is 19.8 Å². The second-order valence-electron chi connectivity index (χ2n) is 9.55. The summed E-state index contributed by atoms with van der Waals surface area (Å²) in [5.74, 6) is -8.22. The number of carboxylic acids is 3. The first kappa shape index (κ1) is 40.5. The molecule has 47 heavy (non-hydrogen) atoms. The molecule has 0 radical (unpaired) electrons. The lowest BCUT2D eigenvalue weighted by molar-refractivity contribution is -0.193. The first-order valence-electron chi connectivity index (χ1n) is 12.9. The maximum absolute atomic E-state index is 12.3. The molecule has 0 saturated carbocycles. The highest BCUT2D eigenvalue weighted by atomic mass is 19.4. The number of ether oxygens (including phenoxy) is 1. The van der Waals surface area contributed by atoms with E-state index in [1.54, 1.807) is 6.20 Å². The fraction of sp³-hybridized carbons (Fsp3) is 0.462. The van der Waals surface area contributed by atoms with E-state index in [2.05, 4.69) is 20.9 Å². The van der Waals surface area contributed by atoms with Gasteiger partial charge in [-0.15, -0.1) is 0 Å². The van der Waals surface area contributed by atoms with Crippen molar-refractivity contribution in [2.75, 3.05) is 26.2 Å². The van der Waals surface area contributed by atoms with Crippen LogP contribution in [-0.2, 0) is 37.0 Å². The van der Waals surface area contributed by atoms with E-state index in [4.69, 9.17) is 34.4 Å². The van der Waals surface area contributed by atoms with Crippen molar-refractivity contribution in [1.29, 1.82) is 0 Å². The number of carbonyl (C=O) groups excluding carboxylic acids is 1. The number of carbonyl (C=O) groups is 4. The van der Waals surface area contributed by atoms with Crippen molar-refractivity contribution in [3.63, 3.8) is 0 Å². The minimum absolute atomic E-state index is 0.0530. The van der Waals surface area contributed by atoms with Gasteiger partial charge in [0.05, 0.1) is 30.1 Å². The molecule has 262 valence electrons. The van der Waals surface area contributed by atoms with Gasteiger partial charge in [-0.05, 0) is 37.1 Å². The predicted octanol–water partition coefficient (Wildman–Crippen LogP) is 3.77. The Kier molecular flexibility index (Phi) is 15.0. The standard InChI is InChI=1S/C20H24N4O2.3C2HF3O2/c25-19-15-26-20(16-24(19)14-18-6-2-4-10-22-18)7-11-23(12-8-20)13-17-5-1-3-9-21-17;3*3-2(4,5)1(6)7/h1-6,9-10H,7-8,11-16H2;3*(H,6,7). The highest BCUT2D eigenvalue weighted by Gasteiger charge is 2.42. The molecule has 0 bridgehead atoms. The molecule has 2 saturated heterocycles. The summed E-state index contributed by atoms with van der Waals surface area (Å²) in [7, 11) is 0. The number of pyridine rings is 2. The van der Waals surface area contributed by atoms with Crippen molar-refractivity contribution in [3.8, 4) is 0 Å². The molecule has 0 aliphatic carbocycles. The second kappa shape index (κ2) is 17.4. The van der Waals surface area contributed by atoms with Crippen molar-refractivity contribution >= 4 is 23.8 Å². The topological polar surface area (TPSA) is 170 Å². The number of amides is 1. The predicted molar refractivity (Wildman–Crippen MR) is 138 cm³/mol. The highest BCUT2D eigenvalue weighted by molar-refractivity contribution is 5.78. The van der Waals surface area contributed by atoms with E-state index in [0.29, 0.717) is 13.1 Å². The summed E-state index contributed by atoms with van der Waals surface area (Å²) in [6.45, 7) is 4.17. The fourth-order valence-electron chi connectivity index (χ4n) is 3.76. The van der Waals surface area contributed by atoms with Gasteiger partial charge in [0.2, 0.25) is 5.91 Å². The molecule has 2 aromatic heterocycles. The molecule has 2 aliphatic rings. The first-order valence-corrected chi connectivity index (χ1v) is 12.9. The Morgan fingerprint density at radius 3 is 1.45 bits per heavy atom. The molecule has 1 spiro atoms. The van der Waals surface area contributed by atoms with Crippen molar-refractivity contribution in [2.24, 2.45) is 0 Å². The van der Waals surface area contributed by atoms with Gasteiger partial charge in [-0.3, -0.25) is 19.7 Å². The number of aromatic nitrogens is 2. The molecule has 12 nitrogen and oxygen atoms in total. The normalized spacial score (nSPS) is 16.4. The average molecular weight is 695 g/mol. The van der Waals surface area contributed by atoms with Gasteiger partial charge < -0.3 is 25.0 Å². The molecule has 4 heterocycles. The van der Waals surface area contributed by atoms with E-state index < -0.39 is 36.4 Å². The molecular weight excluding hydrogens is 667 g/mol. The number of alkyl halides is 9. The summed E-state index contributed by atoms with van der Waals surface area (Å²) < 4.78 is 101. The number of hydrogen-bond acceptors (Lipinski definition) is 8. The van der Waals surface area contributed by atoms with Crippen LogP contribution in [-0.4, -0.2) is 109 Å². The van der Waals surface area contributed by atoms with Crippen LogP contribution in [0.5, 0.6) is 0 Å². The smallest absolute Gasteiger partial charge is 0.475 e. The highest BCUT2D eigenvalue weighted by Crippen LogP contribution is 2.31. The zero-order chi connectivity index (χ0) is 36.1. The van der Waals surface area contributed by atoms with Gasteiger partial charge in [0, 0.05) is 32.0 Å². The molecule has 3 N–H and O–H groups in total. The Hall–Kier alpha value is -4.53. The number of nitrogens with zero attached hydrogens (tertiary/aromatic N) is 4. The Morgan fingerprint density at radius 2 is 1.11 bits per heavy atom. The average Bonchev–Trinajstić information content (AvgIpc) is 2.97. The van der Waals surface area contributed by atoms with Gasteiger partial charge in [0.25, 0.3) is 0 Å². The fourth-order valence-corrected chi connectivity index (χ4v) is 3.76. The molecule has 1 amide bonds. The maximum Gasteiger partial charge on any atom is 0.490 e. The molecule has 2 aliphatic heterocycles. The largest absolute Gasteiger partial charge is 0.490 e. The third-order valence-electron chi connectivity index (χ3n) is 6.02. The van der Waals surface area contributed by atoms with Gasteiger partial charge in [0.1, 0.15) is 6.61 Å². The molecule has 0 atom stereocenters. The van der Waals surface area contributed by atoms with E-state index in [1.165, 1.54) is 0 Å². The van der Waals surface area contributed by atoms with E-state index in [9.17, 15) is 44.3 Å². The van der Waals surface area contributed by atoms with Crippen LogP contribution in [0.2, 0.25) is 0 Å². The molecule has 21 heteroatoms. The zero-order valence-corrected chi connectivity index (χ0v) is 23.8. The number of halogens is 9. The number of likely N-dealkylation sites (tertiary alicyclic amines) is 1. The summed E-state index contributed by atoms with van der Waals surface area (Å²) in [6, 6.07) is 11.8. The van der Waals surface area contributed by atoms with Crippen LogP contribution in [0.4, 0.5) is 39.5 Å². The van der Waals surface area contributed by atoms with Gasteiger partial charge >= 0.3 is 36.4 Å². The van der Waals surface area contributed by atoms with E-state index >= 15 is 0 Å². The van der Waals surface area contributed by atoms with E-state index in [0.717, 1.165) is 43.9 Å². The maximum atomic E-state index is 12.3. The van der Waals surface area contributed by atoms with E-state index in [1.807, 2.05) is 41.4 Å². The molecular formula is C26H27F9N4O8. The van der Waals surface area contributed by atoms with Crippen LogP contribution in [0.1, 0.15) is 24.2 Å². The summed E-state index contributed by atoms with van der Waals surface area (Å²) >= 11 is 0. The van der Waals surface area contributed by atoms with Crippen LogP contribution >= 0.6 is 0 Å². The van der Waals surface area contributed by atoms with Crippen molar-refractivity contribution in [2.45, 2.75) is 50.1 Å². The Balaban J connectivity index is 0.000000430. The van der Waals surface area contributed by atoms with Crippen LogP contribution in [0.3, 0.4) is 0 Å². The zero-order valence-electron chi connectivity index (χ0n) is 23.8. The summed E-state index contributed by atoms with van der Waals surface area (Å²) in [4.78, 5) is 52.1. The minimum Gasteiger partial charge on any atom is -0.475 e. The van der Waals surface area contributed by atoms with E-state index in [-0.39, 0.29) is 18.1 Å². The Labute approximate surface area is 259 Å². The lowest BCUT2D eigenvalue weighted by atomic mass is 9.89. The molecule has 4 rings (SSSR count). The number of piperidine rings is 1. The first-order chi connectivity index (χ1) is 21.6. The van der Waals surface area contributed by atoms with Crippen LogP contribution in [0, 0.1) is 0 Å². The number of hydrogen-bond donors (Lipinski definition) is 3.